The van der Waals surface area contributed by atoms with Crippen molar-refractivity contribution < 1.29 is 27.0 Å². The summed E-state index contributed by atoms with van der Waals surface area (Å²) in [6.07, 6.45) is -1.00. The van der Waals surface area contributed by atoms with E-state index in [4.69, 9.17) is 9.47 Å². The third kappa shape index (κ3) is 9.10. The molecule has 0 aliphatic carbocycles. The summed E-state index contributed by atoms with van der Waals surface area (Å²) in [6.45, 7) is 9.66. The summed E-state index contributed by atoms with van der Waals surface area (Å²) in [7, 11) is 0. The molecular weight excluding hydrogens is 508 g/mol. The van der Waals surface area contributed by atoms with E-state index < -0.39 is 29.1 Å². The first-order valence-electron chi connectivity index (χ1n) is 10.4. The molecule has 0 aromatic carbocycles. The van der Waals surface area contributed by atoms with Gasteiger partial charge in [-0.05, 0) is 44.9 Å². The lowest BCUT2D eigenvalue weighted by Gasteiger charge is -2.34. The van der Waals surface area contributed by atoms with Crippen LogP contribution in [0, 0.1) is 0 Å². The maximum Gasteiger partial charge on any atom is 0.416 e. The lowest BCUT2D eigenvalue weighted by molar-refractivity contribution is -0.138. The number of allylic oxidation sites excluding steroid dienone is 5. The Labute approximate surface area is 199 Å². The first kappa shape index (κ1) is 27.3. The highest BCUT2D eigenvalue weighted by Gasteiger charge is 2.36. The van der Waals surface area contributed by atoms with Gasteiger partial charge in [-0.1, -0.05) is 28.6 Å². The molecule has 1 N–H and O–H groups in total. The van der Waals surface area contributed by atoms with Crippen LogP contribution in [0.3, 0.4) is 0 Å². The Bertz CT molecular complexity index is 942. The lowest BCUT2D eigenvalue weighted by Crippen LogP contribution is -2.49. The topological polar surface area (TPSA) is 54.6 Å². The summed E-state index contributed by atoms with van der Waals surface area (Å²) in [5.74, 6) is 0.294. The molecule has 1 aliphatic rings. The Hall–Kier alpha value is -1.91. The van der Waals surface area contributed by atoms with Crippen LogP contribution in [0.1, 0.15) is 37.6 Å². The number of alkyl halides is 4. The Morgan fingerprint density at radius 3 is 2.52 bits per heavy atom. The van der Waals surface area contributed by atoms with Gasteiger partial charge >= 0.3 is 6.18 Å². The first-order valence-corrected chi connectivity index (χ1v) is 11.2. The number of aromatic amines is 1. The molecule has 2 rings (SSSR count). The van der Waals surface area contributed by atoms with E-state index in [9.17, 15) is 22.4 Å². The van der Waals surface area contributed by atoms with Crippen molar-refractivity contribution >= 4 is 15.9 Å². The standard InChI is InChI=1S/C23H29BrF4N2O3/c1-5-15(24)6-7-17(32-14-33-22(2,3)4)10-20-18(8-9-30-12-16(25)13-30)19(23(26,27)28)11-21(31)29-20/h5-7,11,16H,1,8-10,12-14H2,2-4H3,(H,29,31)/b15-6+,17-7?. The second-order valence-corrected chi connectivity index (χ2v) is 9.61. The summed E-state index contributed by atoms with van der Waals surface area (Å²) < 4.78 is 66.2. The van der Waals surface area contributed by atoms with Crippen LogP contribution in [0.25, 0.3) is 0 Å². The van der Waals surface area contributed by atoms with Gasteiger partial charge in [-0.2, -0.15) is 13.2 Å². The van der Waals surface area contributed by atoms with Gasteiger partial charge in [-0.25, -0.2) is 4.39 Å². The molecule has 1 fully saturated rings. The molecule has 1 saturated heterocycles. The maximum atomic E-state index is 13.7. The van der Waals surface area contributed by atoms with E-state index >= 15 is 0 Å². The van der Waals surface area contributed by atoms with Gasteiger partial charge in [-0.15, -0.1) is 0 Å². The number of rotatable bonds is 10. The van der Waals surface area contributed by atoms with E-state index in [0.717, 1.165) is 0 Å². The molecule has 33 heavy (non-hydrogen) atoms. The minimum Gasteiger partial charge on any atom is -0.471 e. The molecule has 1 aromatic rings. The van der Waals surface area contributed by atoms with Crippen molar-refractivity contribution in [2.24, 2.45) is 0 Å². The normalized spacial score (nSPS) is 16.6. The van der Waals surface area contributed by atoms with Crippen LogP contribution in [0.5, 0.6) is 0 Å². The molecule has 0 atom stereocenters. The summed E-state index contributed by atoms with van der Waals surface area (Å²) in [5, 5.41) is 0. The second-order valence-electron chi connectivity index (χ2n) is 8.69. The van der Waals surface area contributed by atoms with Crippen molar-refractivity contribution in [3.63, 3.8) is 0 Å². The summed E-state index contributed by atoms with van der Waals surface area (Å²) in [6, 6.07) is 0.564. The Balaban J connectivity index is 2.38. The van der Waals surface area contributed by atoms with Gasteiger partial charge in [-0.3, -0.25) is 9.69 Å². The van der Waals surface area contributed by atoms with Crippen molar-refractivity contribution in [2.45, 2.75) is 51.6 Å². The van der Waals surface area contributed by atoms with Crippen LogP contribution < -0.4 is 5.56 Å². The zero-order valence-electron chi connectivity index (χ0n) is 18.9. The van der Waals surface area contributed by atoms with Gasteiger partial charge in [0.1, 0.15) is 11.9 Å². The number of H-pyrrole nitrogens is 1. The molecule has 5 nitrogen and oxygen atoms in total. The van der Waals surface area contributed by atoms with Crippen LogP contribution in [0.15, 0.2) is 45.9 Å². The number of ether oxygens (including phenoxy) is 2. The SMILES string of the molecule is C=C/C(Br)=C\C=C(Cc1[nH]c(=O)cc(C(F)(F)F)c1CCN1CC(F)C1)OCOC(C)(C)C. The molecule has 184 valence electrons. The van der Waals surface area contributed by atoms with Gasteiger partial charge in [0.25, 0.3) is 0 Å². The fourth-order valence-electron chi connectivity index (χ4n) is 3.14. The third-order valence-corrected chi connectivity index (χ3v) is 5.43. The number of halogens is 5. The molecule has 0 bridgehead atoms. The molecular formula is C23H29BrF4N2O3. The van der Waals surface area contributed by atoms with Crippen molar-refractivity contribution in [1.29, 1.82) is 0 Å². The predicted octanol–water partition coefficient (Wildman–Crippen LogP) is 5.27. The summed E-state index contributed by atoms with van der Waals surface area (Å²) in [4.78, 5) is 16.3. The molecule has 0 amide bonds. The number of likely N-dealkylation sites (tertiary alicyclic amines) is 1. The van der Waals surface area contributed by atoms with E-state index in [0.29, 0.717) is 16.3 Å². The van der Waals surface area contributed by atoms with E-state index in [1.54, 1.807) is 23.1 Å². The van der Waals surface area contributed by atoms with E-state index in [1.807, 2.05) is 20.8 Å². The summed E-state index contributed by atoms with van der Waals surface area (Å²) >= 11 is 3.28. The van der Waals surface area contributed by atoms with Gasteiger partial charge in [0.05, 0.1) is 11.2 Å². The third-order valence-electron chi connectivity index (χ3n) is 4.85. The minimum atomic E-state index is -4.71. The molecule has 0 radical (unpaired) electrons. The molecule has 0 spiro atoms. The van der Waals surface area contributed by atoms with Crippen molar-refractivity contribution in [2.75, 3.05) is 26.4 Å². The highest BCUT2D eigenvalue weighted by Crippen LogP contribution is 2.33. The minimum absolute atomic E-state index is 0.00559. The molecule has 0 saturated carbocycles. The number of aromatic nitrogens is 1. The maximum absolute atomic E-state index is 13.7. The molecule has 10 heteroatoms. The van der Waals surface area contributed by atoms with Crippen LogP contribution >= 0.6 is 15.9 Å². The highest BCUT2D eigenvalue weighted by atomic mass is 79.9. The smallest absolute Gasteiger partial charge is 0.416 e. The average Bonchev–Trinajstić information content (AvgIpc) is 2.67. The predicted molar refractivity (Wildman–Crippen MR) is 123 cm³/mol. The monoisotopic (exact) mass is 536 g/mol. The van der Waals surface area contributed by atoms with Gasteiger partial charge in [0.15, 0.2) is 6.79 Å². The van der Waals surface area contributed by atoms with E-state index in [2.05, 4.69) is 27.5 Å². The first-order chi connectivity index (χ1) is 15.3. The van der Waals surface area contributed by atoms with Gasteiger partial charge < -0.3 is 14.5 Å². The Kier molecular flexibility index (Phi) is 9.51. The van der Waals surface area contributed by atoms with Crippen molar-refractivity contribution in [1.82, 2.24) is 9.88 Å². The molecule has 0 unspecified atom stereocenters. The van der Waals surface area contributed by atoms with Crippen LogP contribution in [0.2, 0.25) is 0 Å². The largest absolute Gasteiger partial charge is 0.471 e. The van der Waals surface area contributed by atoms with Gasteiger partial charge in [0.2, 0.25) is 5.56 Å². The quantitative estimate of drug-likeness (QED) is 0.191. The Morgan fingerprint density at radius 2 is 1.97 bits per heavy atom. The number of pyridine rings is 1. The van der Waals surface area contributed by atoms with Gasteiger partial charge in [0, 0.05) is 42.3 Å². The van der Waals surface area contributed by atoms with Crippen molar-refractivity contribution in [3.05, 3.63) is 68.3 Å². The number of nitrogens with zero attached hydrogens (tertiary/aromatic N) is 1. The number of nitrogens with one attached hydrogen (secondary N) is 1. The lowest BCUT2D eigenvalue weighted by atomic mass is 9.99. The highest BCUT2D eigenvalue weighted by molar-refractivity contribution is 9.11. The number of hydrogen-bond acceptors (Lipinski definition) is 4. The zero-order chi connectivity index (χ0) is 24.8. The van der Waals surface area contributed by atoms with Crippen LogP contribution in [-0.2, 0) is 28.5 Å². The Morgan fingerprint density at radius 1 is 1.30 bits per heavy atom. The fourth-order valence-corrected chi connectivity index (χ4v) is 3.28. The van der Waals surface area contributed by atoms with E-state index in [1.165, 1.54) is 0 Å². The van der Waals surface area contributed by atoms with Crippen LogP contribution in [0.4, 0.5) is 17.6 Å². The second kappa shape index (κ2) is 11.5. The fraction of sp³-hybridized carbons (Fsp3) is 0.522. The zero-order valence-corrected chi connectivity index (χ0v) is 20.5. The average molecular weight is 537 g/mol. The molecule has 1 aliphatic heterocycles. The molecule has 2 heterocycles. The van der Waals surface area contributed by atoms with Crippen molar-refractivity contribution in [3.8, 4) is 0 Å². The van der Waals surface area contributed by atoms with E-state index in [-0.39, 0.29) is 50.5 Å². The number of hydrogen-bond donors (Lipinski definition) is 1. The van der Waals surface area contributed by atoms with Crippen LogP contribution in [-0.4, -0.2) is 48.1 Å². The molecule has 1 aromatic heterocycles. The summed E-state index contributed by atoms with van der Waals surface area (Å²) in [5.41, 5.74) is -2.28.